The van der Waals surface area contributed by atoms with Crippen LogP contribution >= 0.6 is 34.4 Å². The van der Waals surface area contributed by atoms with Crippen LogP contribution in [0.2, 0.25) is 0 Å². The molecule has 0 radical (unpaired) electrons. The summed E-state index contributed by atoms with van der Waals surface area (Å²) in [5.74, 6) is 2.52. The third-order valence-electron chi connectivity index (χ3n) is 5.59. The second kappa shape index (κ2) is 9.10. The fraction of sp³-hybridized carbons (Fsp3) is 0.292. The Morgan fingerprint density at radius 3 is 2.90 bits per heavy atom. The molecule has 5 rings (SSSR count). The molecular formula is C24H24N4S3. The molecule has 0 spiro atoms. The SMILES string of the molecule is C=CCn1c(SCc2csc(-c3ccccc3)n2)nnc1-c1csc2c1CCC(C)C2. The van der Waals surface area contributed by atoms with E-state index in [2.05, 4.69) is 51.2 Å². The molecule has 1 atom stereocenters. The first kappa shape index (κ1) is 20.7. The third-order valence-corrected chi connectivity index (χ3v) is 8.58. The maximum atomic E-state index is 4.81. The van der Waals surface area contributed by atoms with Crippen LogP contribution in [-0.4, -0.2) is 19.7 Å². The van der Waals surface area contributed by atoms with Crippen LogP contribution in [0.15, 0.2) is 58.9 Å². The van der Waals surface area contributed by atoms with Crippen molar-refractivity contribution in [2.24, 2.45) is 5.92 Å². The van der Waals surface area contributed by atoms with Crippen LogP contribution in [0.1, 0.15) is 29.5 Å². The summed E-state index contributed by atoms with van der Waals surface area (Å²) >= 11 is 5.26. The molecule has 1 aromatic carbocycles. The molecule has 1 aliphatic carbocycles. The van der Waals surface area contributed by atoms with Crippen molar-refractivity contribution in [3.8, 4) is 22.0 Å². The van der Waals surface area contributed by atoms with E-state index in [0.29, 0.717) is 6.54 Å². The third kappa shape index (κ3) is 4.27. The lowest BCUT2D eigenvalue weighted by molar-refractivity contribution is 0.508. The number of hydrogen-bond donors (Lipinski definition) is 0. The van der Waals surface area contributed by atoms with Crippen molar-refractivity contribution in [2.75, 3.05) is 0 Å². The van der Waals surface area contributed by atoms with Crippen molar-refractivity contribution in [3.63, 3.8) is 0 Å². The Kier molecular flexibility index (Phi) is 6.07. The number of thiophene rings is 1. The highest BCUT2D eigenvalue weighted by atomic mass is 32.2. The van der Waals surface area contributed by atoms with Gasteiger partial charge in [-0.05, 0) is 30.7 Å². The van der Waals surface area contributed by atoms with Crippen molar-refractivity contribution >= 4 is 34.4 Å². The molecule has 0 fully saturated rings. The highest BCUT2D eigenvalue weighted by Crippen LogP contribution is 2.38. The molecule has 0 aliphatic heterocycles. The van der Waals surface area contributed by atoms with Gasteiger partial charge >= 0.3 is 0 Å². The van der Waals surface area contributed by atoms with E-state index < -0.39 is 0 Å². The number of rotatable bonds is 7. The summed E-state index contributed by atoms with van der Waals surface area (Å²) in [6.45, 7) is 7.01. The summed E-state index contributed by atoms with van der Waals surface area (Å²) in [4.78, 5) is 6.33. The highest BCUT2D eigenvalue weighted by Gasteiger charge is 2.24. The molecule has 4 aromatic rings. The van der Waals surface area contributed by atoms with E-state index >= 15 is 0 Å². The quantitative estimate of drug-likeness (QED) is 0.225. The summed E-state index contributed by atoms with van der Waals surface area (Å²) in [7, 11) is 0. The molecule has 7 heteroatoms. The first-order chi connectivity index (χ1) is 15.2. The van der Waals surface area contributed by atoms with Gasteiger partial charge in [0.2, 0.25) is 0 Å². The molecule has 3 aromatic heterocycles. The van der Waals surface area contributed by atoms with Gasteiger partial charge in [0.15, 0.2) is 11.0 Å². The molecule has 0 N–H and O–H groups in total. The lowest BCUT2D eigenvalue weighted by Gasteiger charge is -2.19. The Labute approximate surface area is 195 Å². The van der Waals surface area contributed by atoms with Crippen molar-refractivity contribution in [1.82, 2.24) is 19.7 Å². The molecule has 3 heterocycles. The van der Waals surface area contributed by atoms with E-state index in [-0.39, 0.29) is 0 Å². The Bertz CT molecular complexity index is 1190. The van der Waals surface area contributed by atoms with E-state index in [9.17, 15) is 0 Å². The van der Waals surface area contributed by atoms with Gasteiger partial charge in [0.25, 0.3) is 0 Å². The van der Waals surface area contributed by atoms with Gasteiger partial charge in [-0.2, -0.15) is 0 Å². The van der Waals surface area contributed by atoms with Crippen molar-refractivity contribution in [1.29, 1.82) is 0 Å². The lowest BCUT2D eigenvalue weighted by Crippen LogP contribution is -2.10. The minimum Gasteiger partial charge on any atom is -0.298 e. The van der Waals surface area contributed by atoms with Gasteiger partial charge in [0, 0.05) is 39.1 Å². The van der Waals surface area contributed by atoms with Gasteiger partial charge in [-0.1, -0.05) is 55.1 Å². The molecule has 0 amide bonds. The Morgan fingerprint density at radius 1 is 1.19 bits per heavy atom. The number of hydrogen-bond acceptors (Lipinski definition) is 6. The molecular weight excluding hydrogens is 440 g/mol. The van der Waals surface area contributed by atoms with Gasteiger partial charge < -0.3 is 0 Å². The number of thioether (sulfide) groups is 1. The minimum absolute atomic E-state index is 0.706. The summed E-state index contributed by atoms with van der Waals surface area (Å²) < 4.78 is 2.20. The first-order valence-corrected chi connectivity index (χ1v) is 13.2. The number of thiazole rings is 1. The average Bonchev–Trinajstić information content (AvgIpc) is 3.51. The van der Waals surface area contributed by atoms with Gasteiger partial charge in [-0.3, -0.25) is 4.57 Å². The second-order valence-corrected chi connectivity index (χ2v) is 10.7. The molecule has 0 bridgehead atoms. The summed E-state index contributed by atoms with van der Waals surface area (Å²) in [5, 5.41) is 15.5. The Hall–Kier alpha value is -2.22. The number of nitrogens with zero attached hydrogens (tertiary/aromatic N) is 4. The van der Waals surface area contributed by atoms with Crippen LogP contribution in [-0.2, 0) is 25.1 Å². The summed E-state index contributed by atoms with van der Waals surface area (Å²) in [6, 6.07) is 10.3. The predicted octanol–water partition coefficient (Wildman–Crippen LogP) is 6.73. The van der Waals surface area contributed by atoms with Gasteiger partial charge in [-0.25, -0.2) is 4.98 Å². The van der Waals surface area contributed by atoms with Crippen molar-refractivity contribution in [2.45, 2.75) is 43.6 Å². The zero-order valence-electron chi connectivity index (χ0n) is 17.5. The molecule has 4 nitrogen and oxygen atoms in total. The van der Waals surface area contributed by atoms with Crippen LogP contribution < -0.4 is 0 Å². The minimum atomic E-state index is 0.706. The van der Waals surface area contributed by atoms with E-state index in [1.54, 1.807) is 23.1 Å². The average molecular weight is 465 g/mol. The molecule has 0 saturated heterocycles. The Balaban J connectivity index is 1.37. The van der Waals surface area contributed by atoms with E-state index in [0.717, 1.165) is 45.3 Å². The zero-order valence-corrected chi connectivity index (χ0v) is 19.9. The summed E-state index contributed by atoms with van der Waals surface area (Å²) in [6.07, 6.45) is 5.50. The lowest BCUT2D eigenvalue weighted by atomic mass is 9.88. The van der Waals surface area contributed by atoms with E-state index in [1.807, 2.05) is 35.6 Å². The fourth-order valence-corrected chi connectivity index (χ4v) is 6.99. The number of benzene rings is 1. The van der Waals surface area contributed by atoms with Crippen LogP contribution in [0.4, 0.5) is 0 Å². The molecule has 158 valence electrons. The smallest absolute Gasteiger partial charge is 0.192 e. The van der Waals surface area contributed by atoms with Crippen molar-refractivity contribution in [3.05, 3.63) is 69.9 Å². The fourth-order valence-electron chi connectivity index (χ4n) is 3.98. The first-order valence-electron chi connectivity index (χ1n) is 10.5. The standard InChI is InChI=1S/C24H24N4S3/c1-3-11-28-22(20-15-29-21-12-16(2)9-10-19(20)21)26-27-24(28)31-14-18-13-30-23(25-18)17-7-5-4-6-8-17/h3-8,13,15-16H,1,9-12,14H2,2H3. The van der Waals surface area contributed by atoms with E-state index in [1.165, 1.54) is 28.8 Å². The van der Waals surface area contributed by atoms with Crippen LogP contribution in [0.3, 0.4) is 0 Å². The molecule has 1 unspecified atom stereocenters. The van der Waals surface area contributed by atoms with Gasteiger partial charge in [0.1, 0.15) is 5.01 Å². The van der Waals surface area contributed by atoms with Crippen molar-refractivity contribution < 1.29 is 0 Å². The Morgan fingerprint density at radius 2 is 2.06 bits per heavy atom. The van der Waals surface area contributed by atoms with Crippen LogP contribution in [0.25, 0.3) is 22.0 Å². The van der Waals surface area contributed by atoms with E-state index in [4.69, 9.17) is 4.98 Å². The maximum absolute atomic E-state index is 4.81. The molecule has 0 saturated carbocycles. The number of allylic oxidation sites excluding steroid dienone is 1. The molecule has 1 aliphatic rings. The largest absolute Gasteiger partial charge is 0.298 e. The number of aromatic nitrogens is 4. The number of fused-ring (bicyclic) bond motifs is 1. The molecule has 31 heavy (non-hydrogen) atoms. The van der Waals surface area contributed by atoms with Gasteiger partial charge in [-0.15, -0.1) is 39.4 Å². The van der Waals surface area contributed by atoms with Gasteiger partial charge in [0.05, 0.1) is 5.69 Å². The van der Waals surface area contributed by atoms with Crippen LogP contribution in [0, 0.1) is 5.92 Å². The zero-order chi connectivity index (χ0) is 21.2. The second-order valence-electron chi connectivity index (χ2n) is 7.90. The summed E-state index contributed by atoms with van der Waals surface area (Å²) in [5.41, 5.74) is 4.97. The monoisotopic (exact) mass is 464 g/mol. The maximum Gasteiger partial charge on any atom is 0.192 e. The van der Waals surface area contributed by atoms with Crippen LogP contribution in [0.5, 0.6) is 0 Å². The normalized spacial score (nSPS) is 15.7. The topological polar surface area (TPSA) is 43.6 Å². The highest BCUT2D eigenvalue weighted by molar-refractivity contribution is 7.98. The predicted molar refractivity (Wildman–Crippen MR) is 132 cm³/mol.